The van der Waals surface area contributed by atoms with Gasteiger partial charge in [0.05, 0.1) is 16.8 Å². The van der Waals surface area contributed by atoms with Crippen molar-refractivity contribution < 1.29 is 14.7 Å². The van der Waals surface area contributed by atoms with Crippen molar-refractivity contribution in [3.63, 3.8) is 0 Å². The van der Waals surface area contributed by atoms with E-state index in [1.165, 1.54) is 30.5 Å². The second-order valence-corrected chi connectivity index (χ2v) is 6.76. The number of phenolic OH excluding ortho intramolecular Hbond substituents is 1. The van der Waals surface area contributed by atoms with E-state index in [9.17, 15) is 14.7 Å². The lowest BCUT2D eigenvalue weighted by Gasteiger charge is -2.08. The number of aromatic hydroxyl groups is 1. The van der Waals surface area contributed by atoms with Crippen molar-refractivity contribution in [3.8, 4) is 5.75 Å². The van der Waals surface area contributed by atoms with E-state index in [-0.39, 0.29) is 17.2 Å². The number of nitrogens with one attached hydrogen (secondary N) is 2. The first-order chi connectivity index (χ1) is 13.9. The Balaban J connectivity index is 1.68. The van der Waals surface area contributed by atoms with E-state index < -0.39 is 5.91 Å². The normalized spacial score (nSPS) is 10.7. The Hall–Kier alpha value is -3.35. The standard InChI is InChI=1S/C21H15Cl2N3O3/c22-15-8-9-19(27)14(10-15)12-24-26-20(28)13-4-3-5-16(11-13)25-21(29)17-6-1-2-7-18(17)23/h1-12,27H,(H,25,29)(H,26,28)/b24-12-. The van der Waals surface area contributed by atoms with Gasteiger partial charge >= 0.3 is 0 Å². The Kier molecular flexibility index (Phi) is 6.49. The lowest BCUT2D eigenvalue weighted by atomic mass is 10.1. The fraction of sp³-hybridized carbons (Fsp3) is 0. The molecule has 0 aliphatic heterocycles. The van der Waals surface area contributed by atoms with Crippen LogP contribution in [0, 0.1) is 0 Å². The highest BCUT2D eigenvalue weighted by atomic mass is 35.5. The van der Waals surface area contributed by atoms with E-state index in [0.29, 0.717) is 26.9 Å². The summed E-state index contributed by atoms with van der Waals surface area (Å²) in [5.41, 5.74) is 3.76. The number of amides is 2. The van der Waals surface area contributed by atoms with Gasteiger partial charge in [0, 0.05) is 21.8 Å². The Morgan fingerprint density at radius 1 is 0.931 bits per heavy atom. The van der Waals surface area contributed by atoms with Crippen molar-refractivity contribution in [1.82, 2.24) is 5.43 Å². The quantitative estimate of drug-likeness (QED) is 0.406. The first-order valence-electron chi connectivity index (χ1n) is 8.42. The number of benzene rings is 3. The van der Waals surface area contributed by atoms with Crippen LogP contribution in [0.2, 0.25) is 10.0 Å². The molecule has 0 fully saturated rings. The van der Waals surface area contributed by atoms with Gasteiger partial charge in [-0.2, -0.15) is 5.10 Å². The number of carbonyl (C=O) groups is 2. The molecule has 3 rings (SSSR count). The predicted molar refractivity (Wildman–Crippen MR) is 114 cm³/mol. The molecule has 2 amide bonds. The van der Waals surface area contributed by atoms with Crippen LogP contribution in [0.25, 0.3) is 0 Å². The van der Waals surface area contributed by atoms with Crippen LogP contribution in [0.1, 0.15) is 26.3 Å². The summed E-state index contributed by atoms with van der Waals surface area (Å²) in [6, 6.07) is 17.5. The number of halogens is 2. The Morgan fingerprint density at radius 2 is 1.72 bits per heavy atom. The van der Waals surface area contributed by atoms with Gasteiger partial charge in [-0.1, -0.05) is 41.4 Å². The minimum atomic E-state index is -0.489. The van der Waals surface area contributed by atoms with Gasteiger partial charge in [0.2, 0.25) is 0 Å². The van der Waals surface area contributed by atoms with Crippen LogP contribution in [-0.2, 0) is 0 Å². The molecule has 3 aromatic carbocycles. The third kappa shape index (κ3) is 5.34. The monoisotopic (exact) mass is 427 g/mol. The summed E-state index contributed by atoms with van der Waals surface area (Å²) in [5, 5.41) is 17.0. The zero-order valence-corrected chi connectivity index (χ0v) is 16.4. The van der Waals surface area contributed by atoms with Crippen molar-refractivity contribution in [2.24, 2.45) is 5.10 Å². The first kappa shape index (κ1) is 20.4. The summed E-state index contributed by atoms with van der Waals surface area (Å²) in [7, 11) is 0. The van der Waals surface area contributed by atoms with Gasteiger partial charge in [0.25, 0.3) is 11.8 Å². The molecule has 3 aromatic rings. The summed E-state index contributed by atoms with van der Waals surface area (Å²) in [5.74, 6) is -0.893. The molecule has 0 aliphatic carbocycles. The van der Waals surface area contributed by atoms with Gasteiger partial charge in [0.1, 0.15) is 5.75 Å². The summed E-state index contributed by atoms with van der Waals surface area (Å²) >= 11 is 11.9. The second-order valence-electron chi connectivity index (χ2n) is 5.92. The van der Waals surface area contributed by atoms with Gasteiger partial charge in [0.15, 0.2) is 0 Å². The molecule has 0 atom stereocenters. The number of hydrazone groups is 1. The molecule has 0 bridgehead atoms. The highest BCUT2D eigenvalue weighted by molar-refractivity contribution is 6.34. The van der Waals surface area contributed by atoms with E-state index in [2.05, 4.69) is 15.8 Å². The van der Waals surface area contributed by atoms with Crippen LogP contribution in [0.15, 0.2) is 71.8 Å². The minimum Gasteiger partial charge on any atom is -0.507 e. The van der Waals surface area contributed by atoms with Gasteiger partial charge in [-0.3, -0.25) is 9.59 Å². The minimum absolute atomic E-state index is 0.0170. The van der Waals surface area contributed by atoms with Crippen LogP contribution in [0.5, 0.6) is 5.75 Å². The van der Waals surface area contributed by atoms with Crippen LogP contribution >= 0.6 is 23.2 Å². The molecule has 0 heterocycles. The second kappa shape index (κ2) is 9.23. The fourth-order valence-electron chi connectivity index (χ4n) is 2.44. The lowest BCUT2D eigenvalue weighted by molar-refractivity contribution is 0.0953. The van der Waals surface area contributed by atoms with Crippen LogP contribution in [0.4, 0.5) is 5.69 Å². The van der Waals surface area contributed by atoms with E-state index in [1.807, 2.05) is 0 Å². The number of carbonyl (C=O) groups excluding carboxylic acids is 2. The average Bonchev–Trinajstić information content (AvgIpc) is 2.71. The lowest BCUT2D eigenvalue weighted by Crippen LogP contribution is -2.18. The van der Waals surface area contributed by atoms with Gasteiger partial charge in [-0.25, -0.2) is 5.43 Å². The SMILES string of the molecule is O=C(N/N=C\c1cc(Cl)ccc1O)c1cccc(NC(=O)c2ccccc2Cl)c1. The maximum Gasteiger partial charge on any atom is 0.271 e. The van der Waals surface area contributed by atoms with Gasteiger partial charge < -0.3 is 10.4 Å². The number of hydrogen-bond donors (Lipinski definition) is 3. The van der Waals surface area contributed by atoms with Gasteiger partial charge in [-0.15, -0.1) is 0 Å². The molecule has 0 saturated carbocycles. The zero-order valence-electron chi connectivity index (χ0n) is 14.9. The molecule has 0 radical (unpaired) electrons. The largest absolute Gasteiger partial charge is 0.507 e. The Bertz CT molecular complexity index is 1100. The maximum atomic E-state index is 12.4. The summed E-state index contributed by atoms with van der Waals surface area (Å²) in [4.78, 5) is 24.7. The van der Waals surface area contributed by atoms with Crippen molar-refractivity contribution in [3.05, 3.63) is 93.5 Å². The molecule has 0 spiro atoms. The van der Waals surface area contributed by atoms with E-state index >= 15 is 0 Å². The molecular weight excluding hydrogens is 413 g/mol. The topological polar surface area (TPSA) is 90.8 Å². The molecule has 3 N–H and O–H groups in total. The Labute approximate surface area is 176 Å². The van der Waals surface area contributed by atoms with Crippen LogP contribution in [-0.4, -0.2) is 23.1 Å². The fourth-order valence-corrected chi connectivity index (χ4v) is 2.84. The number of hydrogen-bond acceptors (Lipinski definition) is 4. The highest BCUT2D eigenvalue weighted by Crippen LogP contribution is 2.20. The summed E-state index contributed by atoms with van der Waals surface area (Å²) in [6.45, 7) is 0. The molecule has 146 valence electrons. The molecule has 8 heteroatoms. The molecule has 0 saturated heterocycles. The van der Waals surface area contributed by atoms with Crippen molar-refractivity contribution >= 4 is 46.9 Å². The molecule has 0 aliphatic rings. The van der Waals surface area contributed by atoms with Crippen LogP contribution in [0.3, 0.4) is 0 Å². The number of anilines is 1. The first-order valence-corrected chi connectivity index (χ1v) is 9.17. The maximum absolute atomic E-state index is 12.4. The van der Waals surface area contributed by atoms with Crippen molar-refractivity contribution in [2.45, 2.75) is 0 Å². The van der Waals surface area contributed by atoms with Crippen molar-refractivity contribution in [2.75, 3.05) is 5.32 Å². The Morgan fingerprint density at radius 3 is 2.52 bits per heavy atom. The molecule has 29 heavy (non-hydrogen) atoms. The van der Waals surface area contributed by atoms with Crippen molar-refractivity contribution in [1.29, 1.82) is 0 Å². The smallest absolute Gasteiger partial charge is 0.271 e. The molecule has 0 aromatic heterocycles. The summed E-state index contributed by atoms with van der Waals surface area (Å²) in [6.07, 6.45) is 1.28. The molecular formula is C21H15Cl2N3O3. The molecule has 0 unspecified atom stereocenters. The number of nitrogens with zero attached hydrogens (tertiary/aromatic N) is 1. The number of phenols is 1. The van der Waals surface area contributed by atoms with E-state index in [1.54, 1.807) is 42.5 Å². The van der Waals surface area contributed by atoms with Crippen LogP contribution < -0.4 is 10.7 Å². The predicted octanol–water partition coefficient (Wildman–Crippen LogP) is 4.72. The number of rotatable bonds is 5. The zero-order chi connectivity index (χ0) is 20.8. The molecule has 6 nitrogen and oxygen atoms in total. The third-order valence-corrected chi connectivity index (χ3v) is 4.43. The van der Waals surface area contributed by atoms with E-state index in [4.69, 9.17) is 23.2 Å². The summed E-state index contributed by atoms with van der Waals surface area (Å²) < 4.78 is 0. The van der Waals surface area contributed by atoms with E-state index in [0.717, 1.165) is 0 Å². The van der Waals surface area contributed by atoms with Gasteiger partial charge in [-0.05, 0) is 48.5 Å². The average molecular weight is 428 g/mol. The third-order valence-electron chi connectivity index (χ3n) is 3.86. The highest BCUT2D eigenvalue weighted by Gasteiger charge is 2.11.